The minimum Gasteiger partial charge on any atom is -0.479 e. The Morgan fingerprint density at radius 2 is 1.98 bits per heavy atom. The van der Waals surface area contributed by atoms with E-state index in [0.717, 1.165) is 29.1 Å². The molecule has 12 heteroatoms. The van der Waals surface area contributed by atoms with Gasteiger partial charge in [-0.15, -0.1) is 0 Å². The lowest BCUT2D eigenvalue weighted by molar-refractivity contribution is -0.111. The van der Waals surface area contributed by atoms with E-state index < -0.39 is 0 Å². The van der Waals surface area contributed by atoms with Crippen LogP contribution in [0.4, 0.5) is 28.8 Å². The smallest absolute Gasteiger partial charge is 0.247 e. The third-order valence-electron chi connectivity index (χ3n) is 6.80. The lowest BCUT2D eigenvalue weighted by Crippen LogP contribution is -2.37. The van der Waals surface area contributed by atoms with Crippen molar-refractivity contribution < 1.29 is 14.3 Å². The first kappa shape index (κ1) is 25.3. The zero-order valence-corrected chi connectivity index (χ0v) is 22.3. The molecule has 40 heavy (non-hydrogen) atoms. The average molecular weight is 540 g/mol. The summed E-state index contributed by atoms with van der Waals surface area (Å²) in [6.45, 7) is 6.73. The summed E-state index contributed by atoms with van der Waals surface area (Å²) in [5, 5.41) is 10.9. The van der Waals surface area contributed by atoms with Crippen LogP contribution in [0, 0.1) is 0 Å². The summed E-state index contributed by atoms with van der Waals surface area (Å²) in [7, 11) is 3.61. The zero-order valence-electron chi connectivity index (χ0n) is 22.3. The molecule has 1 aromatic carbocycles. The van der Waals surface area contributed by atoms with E-state index in [9.17, 15) is 4.79 Å². The minimum absolute atomic E-state index is 0.323. The van der Waals surface area contributed by atoms with Gasteiger partial charge in [-0.3, -0.25) is 4.79 Å². The van der Waals surface area contributed by atoms with Crippen LogP contribution in [-0.2, 0) is 16.1 Å². The number of aromatic nitrogens is 5. The van der Waals surface area contributed by atoms with Gasteiger partial charge in [-0.1, -0.05) is 24.8 Å². The van der Waals surface area contributed by atoms with Crippen molar-refractivity contribution in [3.63, 3.8) is 0 Å². The second-order valence-electron chi connectivity index (χ2n) is 9.39. The number of anilines is 5. The summed E-state index contributed by atoms with van der Waals surface area (Å²) < 4.78 is 12.8. The first-order chi connectivity index (χ1) is 19.5. The second kappa shape index (κ2) is 10.7. The minimum atomic E-state index is -0.347. The highest BCUT2D eigenvalue weighted by Gasteiger charge is 2.24. The Bertz CT molecular complexity index is 1580. The summed E-state index contributed by atoms with van der Waals surface area (Å²) in [5.74, 6) is 1.50. The maximum atomic E-state index is 12.2. The Balaban J connectivity index is 1.33. The van der Waals surface area contributed by atoms with Gasteiger partial charge < -0.3 is 29.9 Å². The van der Waals surface area contributed by atoms with Crippen molar-refractivity contribution in [3.8, 4) is 23.0 Å². The van der Waals surface area contributed by atoms with Crippen molar-refractivity contribution in [3.05, 3.63) is 67.0 Å². The van der Waals surface area contributed by atoms with E-state index >= 15 is 0 Å². The number of ether oxygens (including phenoxy) is 2. The van der Waals surface area contributed by atoms with Crippen LogP contribution in [0.3, 0.4) is 0 Å². The van der Waals surface area contributed by atoms with Crippen molar-refractivity contribution in [2.24, 2.45) is 0 Å². The molecular weight excluding hydrogens is 510 g/mol. The fourth-order valence-electron chi connectivity index (χ4n) is 4.90. The Hall–Kier alpha value is -4.97. The fraction of sp³-hybridized carbons (Fsp3) is 0.250. The van der Waals surface area contributed by atoms with Crippen LogP contribution >= 0.6 is 0 Å². The number of nitrogens with zero attached hydrogens (tertiary/aromatic N) is 7. The number of hydrogen-bond donors (Lipinski definition) is 2. The third-order valence-corrected chi connectivity index (χ3v) is 6.80. The van der Waals surface area contributed by atoms with E-state index in [1.54, 1.807) is 30.1 Å². The summed E-state index contributed by atoms with van der Waals surface area (Å²) in [6.07, 6.45) is 4.87. The standard InChI is InChI=1S/C28H29N9O3/c1-4-24(38)30-20-15-21(27(39-3)33-26(20)36-11-13-40-14-12-36)31-28-29-10-9-23(32-28)37-17-18-16-35(2)22-8-6-5-7-19(22)25(18)34-37/h4-10,15,17H,1,11-14,16H2,2-3H3,(H,30,38)(H,29,31,32). The maximum absolute atomic E-state index is 12.2. The average Bonchev–Trinajstić information content (AvgIpc) is 3.42. The van der Waals surface area contributed by atoms with Crippen molar-refractivity contribution in [2.45, 2.75) is 6.54 Å². The molecule has 6 rings (SSSR count). The summed E-state index contributed by atoms with van der Waals surface area (Å²) in [4.78, 5) is 30.3. The molecule has 2 N–H and O–H groups in total. The number of hydrogen-bond acceptors (Lipinski definition) is 10. The first-order valence-corrected chi connectivity index (χ1v) is 12.9. The molecule has 5 heterocycles. The van der Waals surface area contributed by atoms with Gasteiger partial charge in [0.2, 0.25) is 17.7 Å². The predicted octanol–water partition coefficient (Wildman–Crippen LogP) is 3.39. The largest absolute Gasteiger partial charge is 0.479 e. The quantitative estimate of drug-likeness (QED) is 0.338. The number of morpholine rings is 1. The van der Waals surface area contributed by atoms with Gasteiger partial charge in [-0.05, 0) is 18.2 Å². The van der Waals surface area contributed by atoms with Crippen molar-refractivity contribution in [1.82, 2.24) is 24.7 Å². The molecular formula is C28H29N9O3. The Kier molecular flexibility index (Phi) is 6.74. The molecule has 0 saturated carbocycles. The number of amides is 1. The normalized spacial score (nSPS) is 14.2. The van der Waals surface area contributed by atoms with E-state index in [1.807, 2.05) is 23.2 Å². The Morgan fingerprint density at radius 1 is 1.15 bits per heavy atom. The number of carbonyl (C=O) groups excluding carboxylic acids is 1. The molecule has 2 aliphatic rings. The van der Waals surface area contributed by atoms with Crippen LogP contribution in [-0.4, -0.2) is 71.1 Å². The monoisotopic (exact) mass is 539 g/mol. The van der Waals surface area contributed by atoms with E-state index in [-0.39, 0.29) is 5.91 Å². The molecule has 3 aromatic heterocycles. The maximum Gasteiger partial charge on any atom is 0.247 e. The van der Waals surface area contributed by atoms with Gasteiger partial charge >= 0.3 is 0 Å². The van der Waals surface area contributed by atoms with E-state index in [4.69, 9.17) is 24.5 Å². The molecule has 204 valence electrons. The number of fused-ring (bicyclic) bond motifs is 3. The second-order valence-corrected chi connectivity index (χ2v) is 9.39. The molecule has 0 bridgehead atoms. The third kappa shape index (κ3) is 4.80. The highest BCUT2D eigenvalue weighted by molar-refractivity contribution is 6.01. The SMILES string of the molecule is C=CC(=O)Nc1cc(Nc2nccc(-n3cc4c(n3)-c3ccccc3N(C)C4)n2)c(OC)nc1N1CCOCC1. The lowest BCUT2D eigenvalue weighted by Gasteiger charge is -2.30. The van der Waals surface area contributed by atoms with Gasteiger partial charge in [0.1, 0.15) is 5.69 Å². The molecule has 1 amide bonds. The van der Waals surface area contributed by atoms with Crippen LogP contribution in [0.25, 0.3) is 17.1 Å². The van der Waals surface area contributed by atoms with Crippen LogP contribution in [0.2, 0.25) is 0 Å². The number of pyridine rings is 1. The molecule has 0 atom stereocenters. The summed E-state index contributed by atoms with van der Waals surface area (Å²) in [5.41, 5.74) is 5.28. The Labute approximate surface area is 231 Å². The summed E-state index contributed by atoms with van der Waals surface area (Å²) in [6, 6.07) is 11.8. The molecule has 1 fully saturated rings. The number of para-hydroxylation sites is 1. The molecule has 0 radical (unpaired) electrons. The van der Waals surface area contributed by atoms with Crippen LogP contribution in [0.5, 0.6) is 5.88 Å². The van der Waals surface area contributed by atoms with Gasteiger partial charge in [0, 0.05) is 62.0 Å². The van der Waals surface area contributed by atoms with E-state index in [0.29, 0.717) is 61.1 Å². The zero-order chi connectivity index (χ0) is 27.6. The van der Waals surface area contributed by atoms with Crippen molar-refractivity contribution >= 4 is 34.7 Å². The van der Waals surface area contributed by atoms with Crippen LogP contribution < -0.4 is 25.2 Å². The van der Waals surface area contributed by atoms with Gasteiger partial charge in [-0.25, -0.2) is 9.67 Å². The van der Waals surface area contributed by atoms with E-state index in [2.05, 4.69) is 46.3 Å². The van der Waals surface area contributed by atoms with Gasteiger partial charge in [0.25, 0.3) is 0 Å². The fourth-order valence-corrected chi connectivity index (χ4v) is 4.90. The van der Waals surface area contributed by atoms with Crippen molar-refractivity contribution in [1.29, 1.82) is 0 Å². The summed E-state index contributed by atoms with van der Waals surface area (Å²) >= 11 is 0. The number of rotatable bonds is 7. The van der Waals surface area contributed by atoms with E-state index in [1.165, 1.54) is 6.08 Å². The van der Waals surface area contributed by atoms with Gasteiger partial charge in [0.05, 0.1) is 31.7 Å². The Morgan fingerprint density at radius 3 is 2.77 bits per heavy atom. The number of nitrogens with one attached hydrogen (secondary N) is 2. The first-order valence-electron chi connectivity index (χ1n) is 12.9. The van der Waals surface area contributed by atoms with Crippen molar-refractivity contribution in [2.75, 3.05) is 60.9 Å². The molecule has 0 unspecified atom stereocenters. The molecule has 0 spiro atoms. The van der Waals surface area contributed by atoms with Crippen LogP contribution in [0.1, 0.15) is 5.56 Å². The molecule has 0 aliphatic carbocycles. The highest BCUT2D eigenvalue weighted by atomic mass is 16.5. The number of methoxy groups -OCH3 is 1. The number of benzene rings is 1. The lowest BCUT2D eigenvalue weighted by atomic mass is 10.0. The van der Waals surface area contributed by atoms with Crippen LogP contribution in [0.15, 0.2) is 61.4 Å². The highest BCUT2D eigenvalue weighted by Crippen LogP contribution is 2.38. The topological polar surface area (TPSA) is 123 Å². The molecule has 1 saturated heterocycles. The molecule has 2 aliphatic heterocycles. The van der Waals surface area contributed by atoms with Gasteiger partial charge in [0.15, 0.2) is 11.6 Å². The number of carbonyl (C=O) groups is 1. The predicted molar refractivity (Wildman–Crippen MR) is 153 cm³/mol. The van der Waals surface area contributed by atoms with Gasteiger partial charge in [-0.2, -0.15) is 15.1 Å². The molecule has 12 nitrogen and oxygen atoms in total. The molecule has 4 aromatic rings.